The third-order valence-electron chi connectivity index (χ3n) is 4.84. The molecule has 0 saturated carbocycles. The van der Waals surface area contributed by atoms with E-state index in [-0.39, 0.29) is 11.8 Å². The fourth-order valence-corrected chi connectivity index (χ4v) is 4.27. The number of fused-ring (bicyclic) bond motifs is 1. The van der Waals surface area contributed by atoms with Gasteiger partial charge < -0.3 is 9.88 Å². The number of amides is 2. The predicted molar refractivity (Wildman–Crippen MR) is 117 cm³/mol. The van der Waals surface area contributed by atoms with E-state index >= 15 is 0 Å². The summed E-state index contributed by atoms with van der Waals surface area (Å²) in [4.78, 5) is 34.9. The summed E-state index contributed by atoms with van der Waals surface area (Å²) >= 11 is 1.36. The molecule has 0 unspecified atom stereocenters. The largest absolute Gasteiger partial charge is 0.347 e. The molecular formula is C22H23N5O2S. The SMILES string of the molecule is CC(=O)N(c1ccccc1)c1nc(/C=C/C(=O)NCc2cn3c(n2)CCCC3)cs1. The maximum absolute atomic E-state index is 12.2. The Hall–Kier alpha value is -3.26. The first kappa shape index (κ1) is 20.0. The number of rotatable bonds is 6. The minimum Gasteiger partial charge on any atom is -0.347 e. The van der Waals surface area contributed by atoms with Gasteiger partial charge in [0.15, 0.2) is 5.13 Å². The van der Waals surface area contributed by atoms with Crippen molar-refractivity contribution in [3.63, 3.8) is 0 Å². The zero-order valence-corrected chi connectivity index (χ0v) is 17.6. The number of para-hydroxylation sites is 1. The molecule has 0 aliphatic carbocycles. The second-order valence-electron chi connectivity index (χ2n) is 7.10. The van der Waals surface area contributed by atoms with Gasteiger partial charge in [-0.2, -0.15) is 0 Å². The molecule has 1 aliphatic rings. The lowest BCUT2D eigenvalue weighted by atomic mass is 10.2. The van der Waals surface area contributed by atoms with Crippen molar-refractivity contribution < 1.29 is 9.59 Å². The van der Waals surface area contributed by atoms with Crippen molar-refractivity contribution in [2.75, 3.05) is 4.90 Å². The van der Waals surface area contributed by atoms with E-state index in [0.29, 0.717) is 17.4 Å². The Bertz CT molecular complexity index is 1050. The van der Waals surface area contributed by atoms with Crippen molar-refractivity contribution in [2.45, 2.75) is 39.3 Å². The summed E-state index contributed by atoms with van der Waals surface area (Å²) in [6.45, 7) is 2.91. The normalized spacial score (nSPS) is 13.2. The Morgan fingerprint density at radius 3 is 2.83 bits per heavy atom. The van der Waals surface area contributed by atoms with E-state index in [9.17, 15) is 9.59 Å². The second-order valence-corrected chi connectivity index (χ2v) is 7.93. The molecule has 1 N–H and O–H groups in total. The lowest BCUT2D eigenvalue weighted by Gasteiger charge is -2.17. The van der Waals surface area contributed by atoms with Crippen molar-refractivity contribution in [3.8, 4) is 0 Å². The Morgan fingerprint density at radius 1 is 1.23 bits per heavy atom. The Kier molecular flexibility index (Phi) is 6.04. The summed E-state index contributed by atoms with van der Waals surface area (Å²) in [5.74, 6) is 0.776. The number of nitrogens with zero attached hydrogens (tertiary/aromatic N) is 4. The molecule has 30 heavy (non-hydrogen) atoms. The molecule has 0 fully saturated rings. The maximum atomic E-state index is 12.2. The van der Waals surface area contributed by atoms with Crippen molar-refractivity contribution in [3.05, 3.63) is 65.2 Å². The van der Waals surface area contributed by atoms with Crippen molar-refractivity contribution in [1.29, 1.82) is 0 Å². The van der Waals surface area contributed by atoms with Gasteiger partial charge in [-0.1, -0.05) is 18.2 Å². The molecule has 2 amide bonds. The molecule has 3 aromatic rings. The van der Waals surface area contributed by atoms with Crippen molar-refractivity contribution >= 4 is 40.0 Å². The Balaban J connectivity index is 1.37. The zero-order chi connectivity index (χ0) is 20.9. The number of anilines is 2. The minimum atomic E-state index is -0.206. The zero-order valence-electron chi connectivity index (χ0n) is 16.7. The van der Waals surface area contributed by atoms with Crippen LogP contribution in [0.25, 0.3) is 6.08 Å². The maximum Gasteiger partial charge on any atom is 0.244 e. The topological polar surface area (TPSA) is 80.1 Å². The molecular weight excluding hydrogens is 398 g/mol. The van der Waals surface area contributed by atoms with Gasteiger partial charge in [0.25, 0.3) is 0 Å². The first-order chi connectivity index (χ1) is 14.6. The third kappa shape index (κ3) is 4.65. The van der Waals surface area contributed by atoms with Crippen LogP contribution < -0.4 is 10.2 Å². The number of carbonyl (C=O) groups excluding carboxylic acids is 2. The lowest BCUT2D eigenvalue weighted by Crippen LogP contribution is -2.22. The van der Waals surface area contributed by atoms with Crippen molar-refractivity contribution in [1.82, 2.24) is 19.9 Å². The van der Waals surface area contributed by atoms with Crippen LogP contribution in [-0.4, -0.2) is 26.3 Å². The van der Waals surface area contributed by atoms with Crippen LogP contribution in [0.15, 0.2) is 48.0 Å². The van der Waals surface area contributed by atoms with Gasteiger partial charge in [-0.15, -0.1) is 11.3 Å². The van der Waals surface area contributed by atoms with Crippen molar-refractivity contribution in [2.24, 2.45) is 0 Å². The lowest BCUT2D eigenvalue weighted by molar-refractivity contribution is -0.117. The number of imidazole rings is 1. The van der Waals surface area contributed by atoms with Crippen LogP contribution >= 0.6 is 11.3 Å². The van der Waals surface area contributed by atoms with Crippen LogP contribution in [0, 0.1) is 0 Å². The van der Waals surface area contributed by atoms with E-state index in [4.69, 9.17) is 0 Å². The number of hydrogen-bond donors (Lipinski definition) is 1. The van der Waals surface area contributed by atoms with Crippen LogP contribution in [0.3, 0.4) is 0 Å². The Morgan fingerprint density at radius 2 is 2.07 bits per heavy atom. The minimum absolute atomic E-state index is 0.119. The standard InChI is InChI=1S/C22H23N5O2S/c1-16(28)27(19-7-3-2-4-8-19)22-25-17(15-30-22)10-11-21(29)23-13-18-14-26-12-6-5-9-20(26)24-18/h2-4,7-8,10-11,14-15H,5-6,9,12-13H2,1H3,(H,23,29)/b11-10+. The van der Waals surface area contributed by atoms with Crippen LogP contribution in [-0.2, 0) is 29.1 Å². The van der Waals surface area contributed by atoms with E-state index < -0.39 is 0 Å². The monoisotopic (exact) mass is 421 g/mol. The second kappa shape index (κ2) is 9.04. The molecule has 0 spiro atoms. The highest BCUT2D eigenvalue weighted by atomic mass is 32.1. The van der Waals surface area contributed by atoms with Gasteiger partial charge in [0, 0.05) is 37.5 Å². The fourth-order valence-electron chi connectivity index (χ4n) is 3.41. The molecule has 0 atom stereocenters. The molecule has 154 valence electrons. The van der Waals surface area contributed by atoms with Gasteiger partial charge in [0.05, 0.1) is 23.6 Å². The van der Waals surface area contributed by atoms with Gasteiger partial charge in [-0.05, 0) is 31.1 Å². The summed E-state index contributed by atoms with van der Waals surface area (Å²) in [5, 5.41) is 5.25. The summed E-state index contributed by atoms with van der Waals surface area (Å²) in [6.07, 6.45) is 8.48. The Labute approximate surface area is 179 Å². The van der Waals surface area contributed by atoms with Crippen LogP contribution in [0.5, 0.6) is 0 Å². The highest BCUT2D eigenvalue weighted by Crippen LogP contribution is 2.29. The van der Waals surface area contributed by atoms with Gasteiger partial charge in [0.1, 0.15) is 5.82 Å². The number of nitrogens with one attached hydrogen (secondary N) is 1. The first-order valence-corrected chi connectivity index (χ1v) is 10.8. The number of thiazole rings is 1. The molecule has 8 heteroatoms. The quantitative estimate of drug-likeness (QED) is 0.616. The molecule has 3 heterocycles. The van der Waals surface area contributed by atoms with E-state index in [0.717, 1.165) is 30.2 Å². The van der Waals surface area contributed by atoms with Gasteiger partial charge in [-0.25, -0.2) is 9.97 Å². The fraction of sp³-hybridized carbons (Fsp3) is 0.273. The van der Waals surface area contributed by atoms with E-state index in [2.05, 4.69) is 19.9 Å². The van der Waals surface area contributed by atoms with Crippen LogP contribution in [0.2, 0.25) is 0 Å². The smallest absolute Gasteiger partial charge is 0.244 e. The molecule has 7 nitrogen and oxygen atoms in total. The number of hydrogen-bond acceptors (Lipinski definition) is 5. The van der Waals surface area contributed by atoms with E-state index in [1.807, 2.05) is 41.9 Å². The molecule has 1 aromatic carbocycles. The first-order valence-electron chi connectivity index (χ1n) is 9.92. The number of aryl methyl sites for hydroxylation is 2. The third-order valence-corrected chi connectivity index (χ3v) is 5.68. The summed E-state index contributed by atoms with van der Waals surface area (Å²) < 4.78 is 2.17. The molecule has 2 aromatic heterocycles. The number of carbonyl (C=O) groups is 2. The highest BCUT2D eigenvalue weighted by molar-refractivity contribution is 7.14. The van der Waals surface area contributed by atoms with Gasteiger partial charge in [0.2, 0.25) is 11.8 Å². The molecule has 1 aliphatic heterocycles. The van der Waals surface area contributed by atoms with E-state index in [1.54, 1.807) is 11.0 Å². The highest BCUT2D eigenvalue weighted by Gasteiger charge is 2.17. The summed E-state index contributed by atoms with van der Waals surface area (Å²) in [6, 6.07) is 9.37. The molecule has 0 saturated heterocycles. The average molecular weight is 422 g/mol. The van der Waals surface area contributed by atoms with Gasteiger partial charge >= 0.3 is 0 Å². The van der Waals surface area contributed by atoms with Crippen LogP contribution in [0.4, 0.5) is 10.8 Å². The van der Waals surface area contributed by atoms with E-state index in [1.165, 1.54) is 37.2 Å². The molecule has 4 rings (SSSR count). The molecule has 0 bridgehead atoms. The van der Waals surface area contributed by atoms with Gasteiger partial charge in [-0.3, -0.25) is 14.5 Å². The van der Waals surface area contributed by atoms with Crippen LogP contribution in [0.1, 0.15) is 37.0 Å². The summed E-state index contributed by atoms with van der Waals surface area (Å²) in [7, 11) is 0. The predicted octanol–water partition coefficient (Wildman–Crippen LogP) is 3.69. The molecule has 0 radical (unpaired) electrons. The number of benzene rings is 1. The summed E-state index contributed by atoms with van der Waals surface area (Å²) in [5.41, 5.74) is 2.27. The average Bonchev–Trinajstić information content (AvgIpc) is 3.38. The number of aromatic nitrogens is 3.